The highest BCUT2D eigenvalue weighted by Crippen LogP contribution is 2.31. The van der Waals surface area contributed by atoms with Crippen LogP contribution in [0.3, 0.4) is 0 Å². The highest BCUT2D eigenvalue weighted by Gasteiger charge is 2.24. The van der Waals surface area contributed by atoms with Crippen molar-refractivity contribution in [2.45, 2.75) is 37.8 Å². The first-order chi connectivity index (χ1) is 15.8. The van der Waals surface area contributed by atoms with E-state index in [0.717, 1.165) is 49.9 Å². The van der Waals surface area contributed by atoms with Gasteiger partial charge in [0.15, 0.2) is 11.5 Å². The zero-order valence-corrected chi connectivity index (χ0v) is 17.5. The van der Waals surface area contributed by atoms with Crippen molar-refractivity contribution >= 4 is 17.3 Å². The molecule has 0 saturated heterocycles. The number of nitrogens with two attached hydrogens (primary N) is 2. The third-order valence-corrected chi connectivity index (χ3v) is 5.46. The zero-order valence-electron chi connectivity index (χ0n) is 17.5. The van der Waals surface area contributed by atoms with Crippen LogP contribution in [0.2, 0.25) is 0 Å². The van der Waals surface area contributed by atoms with Crippen LogP contribution in [0.1, 0.15) is 36.2 Å². The summed E-state index contributed by atoms with van der Waals surface area (Å²) >= 11 is 0. The maximum absolute atomic E-state index is 14.5. The van der Waals surface area contributed by atoms with Crippen LogP contribution in [0.15, 0.2) is 42.7 Å². The Kier molecular flexibility index (Phi) is 6.45. The molecule has 5 N–H and O–H groups in total. The second-order valence-electron chi connectivity index (χ2n) is 7.83. The Morgan fingerprint density at radius 3 is 2.45 bits per heavy atom. The molecule has 1 amide bonds. The molecule has 2 heterocycles. The number of anilines is 2. The number of pyridine rings is 2. The van der Waals surface area contributed by atoms with E-state index in [1.165, 1.54) is 12.4 Å². The van der Waals surface area contributed by atoms with Gasteiger partial charge in [-0.25, -0.2) is 18.2 Å². The van der Waals surface area contributed by atoms with E-state index >= 15 is 0 Å². The lowest BCUT2D eigenvalue weighted by Gasteiger charge is -2.27. The van der Waals surface area contributed by atoms with Gasteiger partial charge in [-0.3, -0.25) is 9.78 Å². The molecule has 0 radical (unpaired) electrons. The fraction of sp³-hybridized carbons (Fsp3) is 0.261. The molecule has 1 aliphatic carbocycles. The number of amides is 1. The summed E-state index contributed by atoms with van der Waals surface area (Å²) in [6.45, 7) is 0. The van der Waals surface area contributed by atoms with Gasteiger partial charge in [-0.15, -0.1) is 0 Å². The summed E-state index contributed by atoms with van der Waals surface area (Å²) in [7, 11) is 0. The number of ether oxygens (including phenoxy) is 1. The lowest BCUT2D eigenvalue weighted by molar-refractivity contribution is 0.102. The van der Waals surface area contributed by atoms with Crippen molar-refractivity contribution in [1.29, 1.82) is 0 Å². The Bertz CT molecular complexity index is 1160. The number of nitrogens with zero attached hydrogens (tertiary/aromatic N) is 2. The smallest absolute Gasteiger partial charge is 0.276 e. The molecular weight excluding hydrogens is 435 g/mol. The summed E-state index contributed by atoms with van der Waals surface area (Å²) in [5, 5.41) is 2.59. The number of hydrogen-bond donors (Lipinski definition) is 3. The van der Waals surface area contributed by atoms with Crippen LogP contribution in [0.25, 0.3) is 11.3 Å². The first kappa shape index (κ1) is 22.5. The molecule has 0 atom stereocenters. The lowest BCUT2D eigenvalue weighted by Crippen LogP contribution is -2.31. The van der Waals surface area contributed by atoms with Gasteiger partial charge >= 0.3 is 0 Å². The van der Waals surface area contributed by atoms with E-state index in [0.29, 0.717) is 5.75 Å². The van der Waals surface area contributed by atoms with Gasteiger partial charge in [0.2, 0.25) is 0 Å². The number of nitrogen functional groups attached to an aromatic ring is 1. The van der Waals surface area contributed by atoms with Gasteiger partial charge in [-0.05, 0) is 37.8 Å². The van der Waals surface area contributed by atoms with Crippen molar-refractivity contribution in [3.8, 4) is 17.0 Å². The molecule has 0 aliphatic heterocycles. The van der Waals surface area contributed by atoms with Gasteiger partial charge in [0.25, 0.3) is 5.91 Å². The minimum atomic E-state index is -1.06. The molecular formula is C23H22F3N5O2. The van der Waals surface area contributed by atoms with Crippen LogP contribution in [-0.2, 0) is 0 Å². The number of halogens is 3. The first-order valence-electron chi connectivity index (χ1n) is 10.4. The van der Waals surface area contributed by atoms with E-state index in [2.05, 4.69) is 15.3 Å². The molecule has 0 unspecified atom stereocenters. The molecule has 10 heteroatoms. The Morgan fingerprint density at radius 2 is 1.76 bits per heavy atom. The number of carbonyl (C=O) groups is 1. The van der Waals surface area contributed by atoms with Gasteiger partial charge in [0, 0.05) is 24.4 Å². The number of hydrogen-bond acceptors (Lipinski definition) is 6. The van der Waals surface area contributed by atoms with Crippen molar-refractivity contribution < 1.29 is 22.7 Å². The Hall–Kier alpha value is -3.66. The summed E-state index contributed by atoms with van der Waals surface area (Å²) in [6.07, 6.45) is 6.07. The van der Waals surface area contributed by atoms with Crippen LogP contribution in [0, 0.1) is 17.5 Å². The summed E-state index contributed by atoms with van der Waals surface area (Å²) in [5.41, 5.74) is 9.93. The summed E-state index contributed by atoms with van der Waals surface area (Å²) in [5.74, 6) is -3.52. The van der Waals surface area contributed by atoms with E-state index in [1.54, 1.807) is 6.07 Å². The predicted molar refractivity (Wildman–Crippen MR) is 117 cm³/mol. The molecule has 1 aromatic carbocycles. The Labute approximate surface area is 188 Å². The second kappa shape index (κ2) is 9.45. The van der Waals surface area contributed by atoms with E-state index in [1.807, 2.05) is 0 Å². The molecule has 4 rings (SSSR count). The molecule has 7 nitrogen and oxygen atoms in total. The van der Waals surface area contributed by atoms with Crippen molar-refractivity contribution in [1.82, 2.24) is 9.97 Å². The monoisotopic (exact) mass is 457 g/mol. The van der Waals surface area contributed by atoms with Gasteiger partial charge in [-0.2, -0.15) is 0 Å². The topological polar surface area (TPSA) is 116 Å². The second-order valence-corrected chi connectivity index (χ2v) is 7.83. The number of carbonyl (C=O) groups excluding carboxylic acids is 1. The molecule has 3 aromatic rings. The zero-order chi connectivity index (χ0) is 23.5. The molecule has 172 valence electrons. The van der Waals surface area contributed by atoms with Crippen molar-refractivity contribution in [2.75, 3.05) is 11.1 Å². The summed E-state index contributed by atoms with van der Waals surface area (Å²) in [6, 6.07) is 5.63. The fourth-order valence-corrected chi connectivity index (χ4v) is 3.73. The van der Waals surface area contributed by atoms with Crippen LogP contribution < -0.4 is 21.5 Å². The van der Waals surface area contributed by atoms with Crippen molar-refractivity contribution in [3.63, 3.8) is 0 Å². The largest absolute Gasteiger partial charge is 0.488 e. The van der Waals surface area contributed by atoms with Gasteiger partial charge in [0.05, 0.1) is 23.6 Å². The van der Waals surface area contributed by atoms with E-state index in [9.17, 15) is 18.0 Å². The van der Waals surface area contributed by atoms with Crippen molar-refractivity contribution in [3.05, 3.63) is 65.9 Å². The van der Waals surface area contributed by atoms with Crippen molar-refractivity contribution in [2.24, 2.45) is 5.73 Å². The average Bonchev–Trinajstić information content (AvgIpc) is 2.77. The number of aromatic nitrogens is 2. The molecule has 0 spiro atoms. The predicted octanol–water partition coefficient (Wildman–Crippen LogP) is 4.04. The van der Waals surface area contributed by atoms with Gasteiger partial charge in [-0.1, -0.05) is 6.07 Å². The SMILES string of the molecule is Nc1cc(F)c(-c2c(F)cccc2F)nc1C(=O)Nc1cnccc1OC1CCC(N)CC1. The molecule has 1 fully saturated rings. The van der Waals surface area contributed by atoms with Crippen LogP contribution in [0.4, 0.5) is 24.5 Å². The highest BCUT2D eigenvalue weighted by molar-refractivity contribution is 6.07. The number of nitrogens with one attached hydrogen (secondary N) is 1. The lowest BCUT2D eigenvalue weighted by atomic mass is 9.94. The maximum atomic E-state index is 14.5. The number of benzene rings is 1. The highest BCUT2D eigenvalue weighted by atomic mass is 19.1. The fourth-order valence-electron chi connectivity index (χ4n) is 3.73. The van der Waals surface area contributed by atoms with Crippen LogP contribution in [-0.4, -0.2) is 28.0 Å². The first-order valence-corrected chi connectivity index (χ1v) is 10.4. The van der Waals surface area contributed by atoms with E-state index < -0.39 is 40.3 Å². The summed E-state index contributed by atoms with van der Waals surface area (Å²) < 4.78 is 48.9. The Morgan fingerprint density at radius 1 is 1.06 bits per heavy atom. The quantitative estimate of drug-likeness (QED) is 0.532. The molecule has 1 aliphatic rings. The van der Waals surface area contributed by atoms with Crippen LogP contribution >= 0.6 is 0 Å². The normalized spacial score (nSPS) is 18.1. The number of rotatable bonds is 5. The average molecular weight is 457 g/mol. The van der Waals surface area contributed by atoms with E-state index in [4.69, 9.17) is 16.2 Å². The van der Waals surface area contributed by atoms with E-state index in [-0.39, 0.29) is 23.5 Å². The molecule has 2 aromatic heterocycles. The third-order valence-electron chi connectivity index (χ3n) is 5.46. The molecule has 1 saturated carbocycles. The van der Waals surface area contributed by atoms with Gasteiger partial charge < -0.3 is 21.5 Å². The third kappa shape index (κ3) is 4.90. The van der Waals surface area contributed by atoms with Gasteiger partial charge in [0.1, 0.15) is 28.8 Å². The minimum absolute atomic E-state index is 0.0625. The summed E-state index contributed by atoms with van der Waals surface area (Å²) in [4.78, 5) is 20.8. The van der Waals surface area contributed by atoms with Crippen LogP contribution in [0.5, 0.6) is 5.75 Å². The standard InChI is InChI=1S/C23H22F3N5O2/c24-14-2-1-3-15(25)20(14)21-16(26)10-17(28)22(31-21)23(32)30-18-11-29-9-8-19(18)33-13-6-4-12(27)5-7-13/h1-3,8-13H,4-7,27-28H2,(H,30,32). The maximum Gasteiger partial charge on any atom is 0.276 e. The molecule has 0 bridgehead atoms. The minimum Gasteiger partial charge on any atom is -0.488 e. The Balaban J connectivity index is 1.61. The molecule has 33 heavy (non-hydrogen) atoms.